The predicted octanol–water partition coefficient (Wildman–Crippen LogP) is 4.54. The summed E-state index contributed by atoms with van der Waals surface area (Å²) in [5.74, 6) is -0.344. The maximum absolute atomic E-state index is 13.0. The second-order valence-electron chi connectivity index (χ2n) is 4.23. The smallest absolute Gasteiger partial charge is 0.124 e. The Morgan fingerprint density at radius 2 is 2.25 bits per heavy atom. The molecule has 2 aromatic heterocycles. The predicted molar refractivity (Wildman–Crippen MR) is 80.6 cm³/mol. The number of rotatable bonds is 4. The second-order valence-corrected chi connectivity index (χ2v) is 5.58. The van der Waals surface area contributed by atoms with Gasteiger partial charge in [-0.2, -0.15) is 5.10 Å². The van der Waals surface area contributed by atoms with E-state index >= 15 is 0 Å². The third-order valence-corrected chi connectivity index (χ3v) is 4.09. The lowest BCUT2D eigenvalue weighted by Crippen LogP contribution is -2.00. The number of nitrogens with one attached hydrogen (secondary N) is 2. The van der Waals surface area contributed by atoms with Crippen molar-refractivity contribution >= 4 is 28.6 Å². The molecule has 0 aliphatic carbocycles. The van der Waals surface area contributed by atoms with Crippen molar-refractivity contribution < 1.29 is 4.39 Å². The summed E-state index contributed by atoms with van der Waals surface area (Å²) in [5.41, 5.74) is 2.73. The van der Waals surface area contributed by atoms with Gasteiger partial charge >= 0.3 is 0 Å². The summed E-state index contributed by atoms with van der Waals surface area (Å²) in [7, 11) is 0. The number of nitrogens with zero attached hydrogens (tertiary/aromatic N) is 1. The molecule has 3 rings (SSSR count). The van der Waals surface area contributed by atoms with E-state index in [9.17, 15) is 4.39 Å². The molecule has 0 bridgehead atoms. The molecule has 0 saturated heterocycles. The second kappa shape index (κ2) is 5.64. The van der Waals surface area contributed by atoms with Crippen LogP contribution >= 0.6 is 22.9 Å². The highest BCUT2D eigenvalue weighted by Crippen LogP contribution is 2.27. The summed E-state index contributed by atoms with van der Waals surface area (Å²) >= 11 is 7.63. The van der Waals surface area contributed by atoms with E-state index in [4.69, 9.17) is 11.6 Å². The number of thiophene rings is 1. The summed E-state index contributed by atoms with van der Waals surface area (Å²) in [6, 6.07) is 8.33. The van der Waals surface area contributed by atoms with Crippen LogP contribution in [0.2, 0.25) is 5.02 Å². The van der Waals surface area contributed by atoms with E-state index in [1.54, 1.807) is 23.6 Å². The number of hydrogen-bond acceptors (Lipinski definition) is 3. The molecular formula is C14H11ClFN3S. The first kappa shape index (κ1) is 13.1. The normalized spacial score (nSPS) is 10.7. The molecular weight excluding hydrogens is 297 g/mol. The van der Waals surface area contributed by atoms with Crippen molar-refractivity contribution in [2.24, 2.45) is 0 Å². The monoisotopic (exact) mass is 307 g/mol. The van der Waals surface area contributed by atoms with Crippen molar-refractivity contribution in [2.75, 3.05) is 5.32 Å². The summed E-state index contributed by atoms with van der Waals surface area (Å²) in [6.07, 6.45) is 1.78. The van der Waals surface area contributed by atoms with Crippen LogP contribution in [0.3, 0.4) is 0 Å². The molecule has 0 fully saturated rings. The molecule has 20 heavy (non-hydrogen) atoms. The minimum atomic E-state index is -0.344. The van der Waals surface area contributed by atoms with Crippen LogP contribution < -0.4 is 5.32 Å². The fraction of sp³-hybridized carbons (Fsp3) is 0.0714. The van der Waals surface area contributed by atoms with Crippen LogP contribution in [-0.2, 0) is 6.54 Å². The summed E-state index contributed by atoms with van der Waals surface area (Å²) in [5, 5.41) is 12.6. The summed E-state index contributed by atoms with van der Waals surface area (Å²) < 4.78 is 13.0. The molecule has 0 aliphatic rings. The highest BCUT2D eigenvalue weighted by Gasteiger charge is 2.09. The Morgan fingerprint density at radius 1 is 1.35 bits per heavy atom. The van der Waals surface area contributed by atoms with Crippen LogP contribution in [0.1, 0.15) is 5.56 Å². The zero-order valence-corrected chi connectivity index (χ0v) is 11.9. The Hall–Kier alpha value is -1.85. The summed E-state index contributed by atoms with van der Waals surface area (Å²) in [6.45, 7) is 0.565. The Bertz CT molecular complexity index is 709. The third-order valence-electron chi connectivity index (χ3n) is 2.89. The molecule has 0 aliphatic heterocycles. The van der Waals surface area contributed by atoms with Crippen LogP contribution in [0.5, 0.6) is 0 Å². The Labute approximate surface area is 124 Å². The minimum Gasteiger partial charge on any atom is -0.380 e. The van der Waals surface area contributed by atoms with E-state index in [1.807, 2.05) is 17.5 Å². The van der Waals surface area contributed by atoms with Gasteiger partial charge in [-0.3, -0.25) is 5.10 Å². The lowest BCUT2D eigenvalue weighted by molar-refractivity contribution is 0.628. The molecule has 0 atom stereocenters. The maximum atomic E-state index is 13.0. The number of H-pyrrole nitrogens is 1. The van der Waals surface area contributed by atoms with Gasteiger partial charge in [-0.25, -0.2) is 4.39 Å². The zero-order valence-electron chi connectivity index (χ0n) is 10.4. The van der Waals surface area contributed by atoms with Crippen LogP contribution in [0, 0.1) is 5.82 Å². The van der Waals surface area contributed by atoms with Gasteiger partial charge in [-0.15, -0.1) is 11.3 Å². The van der Waals surface area contributed by atoms with Crippen molar-refractivity contribution in [3.8, 4) is 10.6 Å². The van der Waals surface area contributed by atoms with Gasteiger partial charge in [0.2, 0.25) is 0 Å². The van der Waals surface area contributed by atoms with Gasteiger partial charge in [0.25, 0.3) is 0 Å². The Morgan fingerprint density at radius 3 is 3.00 bits per heavy atom. The highest BCUT2D eigenvalue weighted by molar-refractivity contribution is 7.13. The first-order valence-corrected chi connectivity index (χ1v) is 7.25. The lowest BCUT2D eigenvalue weighted by Gasteiger charge is -2.08. The van der Waals surface area contributed by atoms with Crippen LogP contribution in [0.4, 0.5) is 10.1 Å². The quantitative estimate of drug-likeness (QED) is 0.743. The third kappa shape index (κ3) is 2.69. The van der Waals surface area contributed by atoms with E-state index in [0.717, 1.165) is 16.1 Å². The fourth-order valence-corrected chi connectivity index (χ4v) is 2.89. The average molecular weight is 308 g/mol. The number of aromatic amines is 1. The van der Waals surface area contributed by atoms with Gasteiger partial charge < -0.3 is 5.32 Å². The van der Waals surface area contributed by atoms with E-state index < -0.39 is 0 Å². The molecule has 0 unspecified atom stereocenters. The molecule has 1 aromatic carbocycles. The van der Waals surface area contributed by atoms with Crippen molar-refractivity contribution in [1.29, 1.82) is 0 Å². The van der Waals surface area contributed by atoms with Crippen LogP contribution in [0.25, 0.3) is 10.6 Å². The first-order valence-electron chi connectivity index (χ1n) is 5.99. The molecule has 102 valence electrons. The van der Waals surface area contributed by atoms with Gasteiger partial charge in [0, 0.05) is 12.1 Å². The maximum Gasteiger partial charge on any atom is 0.124 e. The average Bonchev–Trinajstić information content (AvgIpc) is 3.08. The SMILES string of the molecule is Fc1ccc(NCc2cn[nH]c2-c2cccs2)c(Cl)c1. The molecule has 0 amide bonds. The molecule has 3 nitrogen and oxygen atoms in total. The van der Waals surface area contributed by atoms with Gasteiger partial charge in [0.05, 0.1) is 27.5 Å². The van der Waals surface area contributed by atoms with Crippen LogP contribution in [-0.4, -0.2) is 10.2 Å². The Balaban J connectivity index is 1.78. The number of benzene rings is 1. The fourth-order valence-electron chi connectivity index (χ4n) is 1.90. The van der Waals surface area contributed by atoms with Gasteiger partial charge in [0.15, 0.2) is 0 Å². The number of halogens is 2. The van der Waals surface area contributed by atoms with E-state index in [1.165, 1.54) is 12.1 Å². The molecule has 0 saturated carbocycles. The first-order chi connectivity index (χ1) is 9.74. The molecule has 0 radical (unpaired) electrons. The van der Waals surface area contributed by atoms with E-state index in [0.29, 0.717) is 17.3 Å². The lowest BCUT2D eigenvalue weighted by atomic mass is 10.2. The van der Waals surface area contributed by atoms with E-state index in [-0.39, 0.29) is 5.82 Å². The van der Waals surface area contributed by atoms with Crippen molar-refractivity contribution in [1.82, 2.24) is 10.2 Å². The molecule has 6 heteroatoms. The molecule has 2 N–H and O–H groups in total. The zero-order chi connectivity index (χ0) is 13.9. The van der Waals surface area contributed by atoms with Crippen molar-refractivity contribution in [3.63, 3.8) is 0 Å². The van der Waals surface area contributed by atoms with Gasteiger partial charge in [0.1, 0.15) is 5.82 Å². The van der Waals surface area contributed by atoms with Gasteiger partial charge in [-0.1, -0.05) is 17.7 Å². The molecule has 2 heterocycles. The largest absolute Gasteiger partial charge is 0.380 e. The highest BCUT2D eigenvalue weighted by atomic mass is 35.5. The number of hydrogen-bond donors (Lipinski definition) is 2. The van der Waals surface area contributed by atoms with Crippen molar-refractivity contribution in [3.05, 3.63) is 58.3 Å². The minimum absolute atomic E-state index is 0.344. The van der Waals surface area contributed by atoms with Crippen LogP contribution in [0.15, 0.2) is 41.9 Å². The summed E-state index contributed by atoms with van der Waals surface area (Å²) in [4.78, 5) is 1.13. The Kier molecular flexibility index (Phi) is 3.71. The van der Waals surface area contributed by atoms with Crippen molar-refractivity contribution in [2.45, 2.75) is 6.54 Å². The molecule has 3 aromatic rings. The van der Waals surface area contributed by atoms with Gasteiger partial charge in [-0.05, 0) is 29.6 Å². The number of anilines is 1. The standard InChI is InChI=1S/C14H11ClFN3S/c15-11-6-10(16)3-4-12(11)17-7-9-8-18-19-14(9)13-2-1-5-20-13/h1-6,8,17H,7H2,(H,18,19). The topological polar surface area (TPSA) is 40.7 Å². The number of aromatic nitrogens is 2. The molecule has 0 spiro atoms. The van der Waals surface area contributed by atoms with E-state index in [2.05, 4.69) is 15.5 Å².